The van der Waals surface area contributed by atoms with Gasteiger partial charge < -0.3 is 4.74 Å². The Morgan fingerprint density at radius 1 is 0.543 bits per heavy atom. The highest BCUT2D eigenvalue weighted by atomic mass is 16.5. The topological polar surface area (TPSA) is 35.0 Å². The van der Waals surface area contributed by atoms with Crippen LogP contribution < -0.4 is 4.74 Å². The van der Waals surface area contributed by atoms with E-state index in [1.807, 2.05) is 6.20 Å². The van der Waals surface area contributed by atoms with Gasteiger partial charge in [-0.05, 0) is 43.4 Å². The van der Waals surface area contributed by atoms with Gasteiger partial charge in [0, 0.05) is 6.20 Å². The Kier molecular flexibility index (Phi) is 17.0. The lowest BCUT2D eigenvalue weighted by Gasteiger charge is -2.08. The second-order valence-corrected chi connectivity index (χ2v) is 10.3. The van der Waals surface area contributed by atoms with Crippen LogP contribution in [0.4, 0.5) is 0 Å². The van der Waals surface area contributed by atoms with E-state index in [-0.39, 0.29) is 0 Å². The third-order valence-electron chi connectivity index (χ3n) is 6.91. The third kappa shape index (κ3) is 15.0. The monoisotopic (exact) mass is 480 g/mol. The fourth-order valence-electron chi connectivity index (χ4n) is 4.66. The van der Waals surface area contributed by atoms with Crippen molar-refractivity contribution in [3.8, 4) is 11.6 Å². The summed E-state index contributed by atoms with van der Waals surface area (Å²) in [5.74, 6) is 1.44. The van der Waals surface area contributed by atoms with Gasteiger partial charge in [-0.3, -0.25) is 4.98 Å². The van der Waals surface area contributed by atoms with E-state index >= 15 is 0 Å². The number of aryl methyl sites for hydroxylation is 2. The molecular weight excluding hydrogens is 428 g/mol. The Morgan fingerprint density at radius 3 is 1.57 bits per heavy atom. The van der Waals surface area contributed by atoms with E-state index in [0.717, 1.165) is 24.3 Å². The first-order valence-electron chi connectivity index (χ1n) is 14.9. The maximum Gasteiger partial charge on any atom is 0.238 e. The zero-order valence-electron chi connectivity index (χ0n) is 22.9. The van der Waals surface area contributed by atoms with Crippen molar-refractivity contribution in [2.45, 2.75) is 142 Å². The predicted molar refractivity (Wildman–Crippen MR) is 150 cm³/mol. The molecule has 0 saturated carbocycles. The molecule has 0 radical (unpaired) electrons. The number of rotatable bonds is 22. The Hall–Kier alpha value is -1.90. The molecule has 0 N–H and O–H groups in total. The van der Waals surface area contributed by atoms with Crippen LogP contribution in [0.1, 0.15) is 141 Å². The molecule has 0 spiro atoms. The first-order chi connectivity index (χ1) is 17.3. The van der Waals surface area contributed by atoms with E-state index in [4.69, 9.17) is 4.74 Å². The molecule has 3 nitrogen and oxygen atoms in total. The maximum absolute atomic E-state index is 5.99. The van der Waals surface area contributed by atoms with Crippen LogP contribution >= 0.6 is 0 Å². The van der Waals surface area contributed by atoms with E-state index in [9.17, 15) is 0 Å². The second-order valence-electron chi connectivity index (χ2n) is 10.3. The van der Waals surface area contributed by atoms with Crippen molar-refractivity contribution < 1.29 is 4.74 Å². The fraction of sp³-hybridized carbons (Fsp3) is 0.688. The molecule has 2 rings (SSSR count). The van der Waals surface area contributed by atoms with Crippen molar-refractivity contribution in [1.82, 2.24) is 9.97 Å². The molecule has 3 heteroatoms. The number of nitrogens with zero attached hydrogens (tertiary/aromatic N) is 2. The number of benzene rings is 1. The largest absolute Gasteiger partial charge is 0.437 e. The summed E-state index contributed by atoms with van der Waals surface area (Å²) >= 11 is 0. The molecule has 1 heterocycles. The van der Waals surface area contributed by atoms with Crippen molar-refractivity contribution >= 4 is 0 Å². The molecule has 0 bridgehead atoms. The first kappa shape index (κ1) is 29.3. The molecule has 0 aliphatic rings. The van der Waals surface area contributed by atoms with E-state index in [2.05, 4.69) is 48.1 Å². The highest BCUT2D eigenvalue weighted by Crippen LogP contribution is 2.21. The number of unbranched alkanes of at least 4 members (excludes halogenated alkanes) is 16. The minimum absolute atomic E-state index is 0.602. The summed E-state index contributed by atoms with van der Waals surface area (Å²) in [7, 11) is 0. The third-order valence-corrected chi connectivity index (χ3v) is 6.91. The summed E-state index contributed by atoms with van der Waals surface area (Å²) < 4.78 is 5.99. The fourth-order valence-corrected chi connectivity index (χ4v) is 4.66. The Morgan fingerprint density at radius 2 is 1.03 bits per heavy atom. The van der Waals surface area contributed by atoms with E-state index in [1.165, 1.54) is 121 Å². The van der Waals surface area contributed by atoms with Crippen molar-refractivity contribution in [1.29, 1.82) is 0 Å². The van der Waals surface area contributed by atoms with Crippen molar-refractivity contribution in [3.63, 3.8) is 0 Å². The summed E-state index contributed by atoms with van der Waals surface area (Å²) in [6, 6.07) is 8.51. The number of ether oxygens (including phenoxy) is 1. The SMILES string of the molecule is CCCCCCCCCCCCCc1cncc(Oc2ccc(CCCCCCCCC)cc2)n1. The van der Waals surface area contributed by atoms with Gasteiger partial charge in [-0.25, -0.2) is 4.98 Å². The molecule has 1 aromatic heterocycles. The minimum atomic E-state index is 0.602. The van der Waals surface area contributed by atoms with Gasteiger partial charge in [0.15, 0.2) is 0 Å². The second kappa shape index (κ2) is 20.3. The molecular formula is C32H52N2O. The molecule has 1 aromatic carbocycles. The van der Waals surface area contributed by atoms with Crippen LogP contribution in [0, 0.1) is 0 Å². The average molecular weight is 481 g/mol. The lowest BCUT2D eigenvalue weighted by Crippen LogP contribution is -1.96. The van der Waals surface area contributed by atoms with E-state index in [1.54, 1.807) is 6.20 Å². The van der Waals surface area contributed by atoms with Crippen LogP contribution in [-0.4, -0.2) is 9.97 Å². The van der Waals surface area contributed by atoms with Gasteiger partial charge in [-0.2, -0.15) is 0 Å². The molecule has 0 aliphatic heterocycles. The normalized spacial score (nSPS) is 11.1. The van der Waals surface area contributed by atoms with E-state index in [0.29, 0.717) is 5.88 Å². The molecule has 2 aromatic rings. The highest BCUT2D eigenvalue weighted by molar-refractivity contribution is 5.30. The predicted octanol–water partition coefficient (Wildman–Crippen LogP) is 10.4. The Labute approximate surface area is 216 Å². The smallest absolute Gasteiger partial charge is 0.238 e. The lowest BCUT2D eigenvalue weighted by atomic mass is 10.0. The van der Waals surface area contributed by atoms with Crippen LogP contribution in [0.3, 0.4) is 0 Å². The molecule has 0 atom stereocenters. The molecule has 0 amide bonds. The van der Waals surface area contributed by atoms with Gasteiger partial charge in [0.25, 0.3) is 0 Å². The minimum Gasteiger partial charge on any atom is -0.437 e. The summed E-state index contributed by atoms with van der Waals surface area (Å²) in [6.07, 6.45) is 30.2. The summed E-state index contributed by atoms with van der Waals surface area (Å²) in [6.45, 7) is 4.56. The van der Waals surface area contributed by atoms with Crippen LogP contribution in [-0.2, 0) is 12.8 Å². The Balaban J connectivity index is 1.57. The molecule has 35 heavy (non-hydrogen) atoms. The zero-order chi connectivity index (χ0) is 24.8. The Bertz CT molecular complexity index is 743. The summed E-state index contributed by atoms with van der Waals surface area (Å²) in [5.41, 5.74) is 2.43. The summed E-state index contributed by atoms with van der Waals surface area (Å²) in [5, 5.41) is 0. The van der Waals surface area contributed by atoms with Gasteiger partial charge in [-0.1, -0.05) is 129 Å². The van der Waals surface area contributed by atoms with Crippen molar-refractivity contribution in [3.05, 3.63) is 47.9 Å². The lowest BCUT2D eigenvalue weighted by molar-refractivity contribution is 0.456. The molecule has 196 valence electrons. The van der Waals surface area contributed by atoms with E-state index < -0.39 is 0 Å². The molecule has 0 unspecified atom stereocenters. The summed E-state index contributed by atoms with van der Waals surface area (Å²) in [4.78, 5) is 9.04. The first-order valence-corrected chi connectivity index (χ1v) is 14.9. The van der Waals surface area contributed by atoms with Crippen LogP contribution in [0.25, 0.3) is 0 Å². The molecule has 0 saturated heterocycles. The molecule has 0 fully saturated rings. The quantitative estimate of drug-likeness (QED) is 0.157. The average Bonchev–Trinajstić information content (AvgIpc) is 2.88. The van der Waals surface area contributed by atoms with Crippen molar-refractivity contribution in [2.75, 3.05) is 0 Å². The maximum atomic E-state index is 5.99. The molecule has 0 aliphatic carbocycles. The van der Waals surface area contributed by atoms with Crippen LogP contribution in [0.5, 0.6) is 11.6 Å². The highest BCUT2D eigenvalue weighted by Gasteiger charge is 2.03. The number of aromatic nitrogens is 2. The van der Waals surface area contributed by atoms with Gasteiger partial charge in [-0.15, -0.1) is 0 Å². The van der Waals surface area contributed by atoms with Crippen LogP contribution in [0.2, 0.25) is 0 Å². The van der Waals surface area contributed by atoms with Crippen LogP contribution in [0.15, 0.2) is 36.7 Å². The van der Waals surface area contributed by atoms with Gasteiger partial charge >= 0.3 is 0 Å². The zero-order valence-corrected chi connectivity index (χ0v) is 22.9. The van der Waals surface area contributed by atoms with Gasteiger partial charge in [0.1, 0.15) is 5.75 Å². The number of hydrogen-bond donors (Lipinski definition) is 0. The standard InChI is InChI=1S/C32H52N2O/c1-3-5-7-9-11-12-13-14-16-18-20-22-30-27-33-28-32(34-30)35-31-25-23-29(24-26-31)21-19-17-15-10-8-6-4-2/h23-28H,3-22H2,1-2H3. The van der Waals surface area contributed by atoms with Gasteiger partial charge in [0.05, 0.1) is 11.9 Å². The van der Waals surface area contributed by atoms with Crippen molar-refractivity contribution in [2.24, 2.45) is 0 Å². The number of hydrogen-bond acceptors (Lipinski definition) is 3. The van der Waals surface area contributed by atoms with Gasteiger partial charge in [0.2, 0.25) is 5.88 Å².